The van der Waals surface area contributed by atoms with E-state index in [1.807, 2.05) is 42.5 Å². The van der Waals surface area contributed by atoms with E-state index in [9.17, 15) is 9.90 Å². The normalized spacial score (nSPS) is 10.9. The minimum absolute atomic E-state index is 0.127. The number of phenols is 1. The lowest BCUT2D eigenvalue weighted by Gasteiger charge is -2.09. The number of nitrogens with zero attached hydrogens (tertiary/aromatic N) is 1. The van der Waals surface area contributed by atoms with Crippen molar-refractivity contribution in [3.05, 3.63) is 53.1 Å². The van der Waals surface area contributed by atoms with Crippen molar-refractivity contribution in [3.8, 4) is 11.5 Å². The van der Waals surface area contributed by atoms with Crippen molar-refractivity contribution in [1.29, 1.82) is 0 Å². The van der Waals surface area contributed by atoms with Crippen molar-refractivity contribution >= 4 is 68.9 Å². The molecule has 0 spiro atoms. The lowest BCUT2D eigenvalue weighted by molar-refractivity contribution is -0.123. The summed E-state index contributed by atoms with van der Waals surface area (Å²) >= 11 is 10.3. The molecule has 2 aromatic carbocycles. The van der Waals surface area contributed by atoms with Gasteiger partial charge in [0.1, 0.15) is 11.5 Å². The minimum Gasteiger partial charge on any atom is -0.506 e. The van der Waals surface area contributed by atoms with Crippen molar-refractivity contribution < 1.29 is 14.6 Å². The Hall–Kier alpha value is -1.07. The van der Waals surface area contributed by atoms with E-state index in [2.05, 4.69) is 33.1 Å². The SMILES string of the molecule is Cc1cc(OCC(=O)N/N=C/c2cc(I)cc(I)c2O)cc(C)c1Cl. The summed E-state index contributed by atoms with van der Waals surface area (Å²) in [6.07, 6.45) is 1.40. The molecule has 2 rings (SSSR count). The number of halogens is 3. The molecule has 5 nitrogen and oxygen atoms in total. The van der Waals surface area contributed by atoms with Crippen LogP contribution in [-0.2, 0) is 4.79 Å². The molecule has 2 aromatic rings. The molecule has 0 saturated carbocycles. The van der Waals surface area contributed by atoms with Crippen LogP contribution in [0.4, 0.5) is 0 Å². The van der Waals surface area contributed by atoms with E-state index in [0.29, 0.717) is 19.9 Å². The minimum atomic E-state index is -0.402. The summed E-state index contributed by atoms with van der Waals surface area (Å²) in [6.45, 7) is 3.58. The molecule has 0 aliphatic heterocycles. The van der Waals surface area contributed by atoms with Gasteiger partial charge in [-0.2, -0.15) is 5.10 Å². The van der Waals surface area contributed by atoms with Crippen LogP contribution in [0.3, 0.4) is 0 Å². The van der Waals surface area contributed by atoms with E-state index in [0.717, 1.165) is 14.7 Å². The number of carbonyl (C=O) groups is 1. The highest BCUT2D eigenvalue weighted by atomic mass is 127. The lowest BCUT2D eigenvalue weighted by atomic mass is 10.1. The summed E-state index contributed by atoms with van der Waals surface area (Å²) < 4.78 is 7.13. The molecule has 0 heterocycles. The molecule has 1 amide bonds. The van der Waals surface area contributed by atoms with Crippen molar-refractivity contribution in [2.45, 2.75) is 13.8 Å². The fraction of sp³-hybridized carbons (Fsp3) is 0.176. The first-order valence-electron chi connectivity index (χ1n) is 7.17. The molecule has 132 valence electrons. The van der Waals surface area contributed by atoms with Crippen molar-refractivity contribution in [2.24, 2.45) is 5.10 Å². The van der Waals surface area contributed by atoms with Crippen molar-refractivity contribution in [1.82, 2.24) is 5.43 Å². The average molecular weight is 585 g/mol. The second-order valence-corrected chi connectivity index (χ2v) is 8.06. The number of hydrazone groups is 1. The Morgan fingerprint density at radius 3 is 2.56 bits per heavy atom. The third-order valence-electron chi connectivity index (χ3n) is 3.23. The first-order valence-corrected chi connectivity index (χ1v) is 9.71. The Bertz CT molecular complexity index is 818. The van der Waals surface area contributed by atoms with Gasteiger partial charge in [-0.25, -0.2) is 5.43 Å². The highest BCUT2D eigenvalue weighted by Gasteiger charge is 2.07. The largest absolute Gasteiger partial charge is 0.506 e. The molecule has 0 unspecified atom stereocenters. The number of hydrogen-bond donors (Lipinski definition) is 2. The maximum absolute atomic E-state index is 11.8. The van der Waals surface area contributed by atoms with Gasteiger partial charge in [0.15, 0.2) is 6.61 Å². The molecule has 0 aromatic heterocycles. The van der Waals surface area contributed by atoms with Gasteiger partial charge in [-0.15, -0.1) is 0 Å². The molecular weight excluding hydrogens is 569 g/mol. The van der Waals surface area contributed by atoms with E-state index in [1.54, 1.807) is 18.2 Å². The third kappa shape index (κ3) is 5.71. The first kappa shape index (κ1) is 20.2. The van der Waals surface area contributed by atoms with Crippen LogP contribution in [0.5, 0.6) is 11.5 Å². The van der Waals surface area contributed by atoms with Gasteiger partial charge in [-0.3, -0.25) is 4.79 Å². The zero-order chi connectivity index (χ0) is 18.6. The van der Waals surface area contributed by atoms with E-state index in [4.69, 9.17) is 16.3 Å². The quantitative estimate of drug-likeness (QED) is 0.311. The molecule has 0 radical (unpaired) electrons. The maximum Gasteiger partial charge on any atom is 0.277 e. The molecule has 0 atom stereocenters. The van der Waals surface area contributed by atoms with Crippen LogP contribution < -0.4 is 10.2 Å². The standard InChI is InChI=1S/C17H15ClI2N2O3/c1-9-3-13(4-10(2)16(9)18)25-8-15(23)22-21-7-11-5-12(19)6-14(20)17(11)24/h3-7,24H,8H2,1-2H3,(H,22,23)/b21-7+. The second-order valence-electron chi connectivity index (χ2n) is 5.28. The number of rotatable bonds is 5. The van der Waals surface area contributed by atoms with Crippen LogP contribution in [0.1, 0.15) is 16.7 Å². The number of aromatic hydroxyl groups is 1. The Balaban J connectivity index is 1.93. The number of amides is 1. The van der Waals surface area contributed by atoms with Gasteiger partial charge in [0.25, 0.3) is 5.91 Å². The predicted molar refractivity (Wildman–Crippen MR) is 116 cm³/mol. The van der Waals surface area contributed by atoms with Gasteiger partial charge in [-0.1, -0.05) is 11.6 Å². The first-order chi connectivity index (χ1) is 11.8. The van der Waals surface area contributed by atoms with Crippen LogP contribution in [0.2, 0.25) is 5.02 Å². The van der Waals surface area contributed by atoms with Crippen molar-refractivity contribution in [2.75, 3.05) is 6.61 Å². The molecule has 8 heteroatoms. The van der Waals surface area contributed by atoms with Crippen LogP contribution in [0, 0.1) is 21.0 Å². The molecule has 0 bridgehead atoms. The molecule has 25 heavy (non-hydrogen) atoms. The second kappa shape index (κ2) is 9.04. The lowest BCUT2D eigenvalue weighted by Crippen LogP contribution is -2.24. The predicted octanol–water partition coefficient (Wildman–Crippen LogP) is 4.40. The number of ether oxygens (including phenoxy) is 1. The summed E-state index contributed by atoms with van der Waals surface area (Å²) in [6, 6.07) is 7.16. The smallest absolute Gasteiger partial charge is 0.277 e. The Morgan fingerprint density at radius 2 is 1.92 bits per heavy atom. The fourth-order valence-electron chi connectivity index (χ4n) is 2.03. The van der Waals surface area contributed by atoms with Crippen LogP contribution in [0.15, 0.2) is 29.4 Å². The average Bonchev–Trinajstić information content (AvgIpc) is 2.54. The number of nitrogens with one attached hydrogen (secondary N) is 1. The summed E-state index contributed by atoms with van der Waals surface area (Å²) in [5.41, 5.74) is 4.68. The van der Waals surface area contributed by atoms with Crippen LogP contribution >= 0.6 is 56.8 Å². The summed E-state index contributed by atoms with van der Waals surface area (Å²) in [7, 11) is 0. The van der Waals surface area contributed by atoms with Crippen molar-refractivity contribution in [3.63, 3.8) is 0 Å². The molecular formula is C17H15ClI2N2O3. The summed E-state index contributed by atoms with van der Waals surface area (Å²) in [5, 5.41) is 14.5. The number of aryl methyl sites for hydroxylation is 2. The van der Waals surface area contributed by atoms with Crippen LogP contribution in [0.25, 0.3) is 0 Å². The molecule has 0 aliphatic carbocycles. The Kier molecular flexibility index (Phi) is 7.32. The highest BCUT2D eigenvalue weighted by Crippen LogP contribution is 2.26. The fourth-order valence-corrected chi connectivity index (χ4v) is 4.03. The van der Waals surface area contributed by atoms with E-state index < -0.39 is 5.91 Å². The number of benzene rings is 2. The Labute approximate surface area is 178 Å². The van der Waals surface area contributed by atoms with Gasteiger partial charge in [0, 0.05) is 14.2 Å². The van der Waals surface area contributed by atoms with Gasteiger partial charge < -0.3 is 9.84 Å². The highest BCUT2D eigenvalue weighted by molar-refractivity contribution is 14.1. The summed E-state index contributed by atoms with van der Waals surface area (Å²) in [5.74, 6) is 0.298. The molecule has 2 N–H and O–H groups in total. The molecule has 0 aliphatic rings. The number of phenolic OH excluding ortho intramolecular Hbond substituents is 1. The van der Waals surface area contributed by atoms with Gasteiger partial charge in [0.05, 0.1) is 9.78 Å². The van der Waals surface area contributed by atoms with E-state index >= 15 is 0 Å². The van der Waals surface area contributed by atoms with E-state index in [-0.39, 0.29) is 12.4 Å². The maximum atomic E-state index is 11.8. The number of hydrogen-bond acceptors (Lipinski definition) is 4. The molecule has 0 saturated heterocycles. The Morgan fingerprint density at radius 1 is 1.28 bits per heavy atom. The van der Waals surface area contributed by atoms with Gasteiger partial charge >= 0.3 is 0 Å². The topological polar surface area (TPSA) is 70.9 Å². The zero-order valence-corrected chi connectivity index (χ0v) is 18.5. The molecule has 0 fully saturated rings. The summed E-state index contributed by atoms with van der Waals surface area (Å²) in [4.78, 5) is 11.8. The third-order valence-corrected chi connectivity index (χ3v) is 5.27. The van der Waals surface area contributed by atoms with Gasteiger partial charge in [-0.05, 0) is 94.4 Å². The van der Waals surface area contributed by atoms with Gasteiger partial charge in [0.2, 0.25) is 0 Å². The van der Waals surface area contributed by atoms with Crippen LogP contribution in [-0.4, -0.2) is 23.8 Å². The zero-order valence-electron chi connectivity index (χ0n) is 13.4. The number of carbonyl (C=O) groups excluding carboxylic acids is 1. The monoisotopic (exact) mass is 584 g/mol. The van der Waals surface area contributed by atoms with E-state index in [1.165, 1.54) is 6.21 Å².